The normalized spacial score (nSPS) is 22.4. The topological polar surface area (TPSA) is 72.8 Å². The standard InChI is InChI=1S/C33H27BrO5/c1-38-32(36)30-29(23-17-19-26(34)20-18-23)27(22-11-5-2-6-12-22)21-28(33(30,37)25-15-9-4-10-16-25)39-31(35)24-13-7-3-8-14-24/h2-21,28-30,37H,1H3/t28-,29+,30+,33+/m0/s1. The molecule has 4 aromatic rings. The zero-order valence-electron chi connectivity index (χ0n) is 21.2. The molecule has 1 aliphatic carbocycles. The van der Waals surface area contributed by atoms with E-state index in [4.69, 9.17) is 9.47 Å². The molecule has 0 unspecified atom stereocenters. The maximum Gasteiger partial charge on any atom is 0.338 e. The van der Waals surface area contributed by atoms with Gasteiger partial charge in [0.15, 0.2) is 6.10 Å². The van der Waals surface area contributed by atoms with Gasteiger partial charge in [-0.2, -0.15) is 0 Å². The van der Waals surface area contributed by atoms with E-state index in [9.17, 15) is 14.7 Å². The summed E-state index contributed by atoms with van der Waals surface area (Å²) in [4.78, 5) is 27.1. The van der Waals surface area contributed by atoms with E-state index in [0.29, 0.717) is 11.1 Å². The van der Waals surface area contributed by atoms with Crippen molar-refractivity contribution < 1.29 is 24.2 Å². The van der Waals surface area contributed by atoms with Crippen LogP contribution >= 0.6 is 15.9 Å². The van der Waals surface area contributed by atoms with Gasteiger partial charge in [-0.15, -0.1) is 0 Å². The molecular formula is C33H27BrO5. The number of esters is 2. The van der Waals surface area contributed by atoms with Crippen molar-refractivity contribution in [3.63, 3.8) is 0 Å². The number of hydrogen-bond acceptors (Lipinski definition) is 5. The van der Waals surface area contributed by atoms with Gasteiger partial charge in [-0.3, -0.25) is 4.79 Å². The molecule has 5 nitrogen and oxygen atoms in total. The van der Waals surface area contributed by atoms with Crippen LogP contribution in [0.1, 0.15) is 33.0 Å². The van der Waals surface area contributed by atoms with Crippen LogP contribution in [-0.2, 0) is 19.9 Å². The zero-order valence-corrected chi connectivity index (χ0v) is 22.8. The SMILES string of the molecule is COC(=O)[C@H]1[C@H](c2ccc(Br)cc2)C(c2ccccc2)=C[C@H](OC(=O)c2ccccc2)[C@]1(O)c1ccccc1. The van der Waals surface area contributed by atoms with Crippen LogP contribution in [0.4, 0.5) is 0 Å². The number of carbonyl (C=O) groups is 2. The summed E-state index contributed by atoms with van der Waals surface area (Å²) in [5.74, 6) is -2.97. The lowest BCUT2D eigenvalue weighted by molar-refractivity contribution is -0.169. The van der Waals surface area contributed by atoms with Gasteiger partial charge in [0, 0.05) is 10.4 Å². The Morgan fingerprint density at radius 1 is 0.795 bits per heavy atom. The first kappa shape index (κ1) is 26.6. The van der Waals surface area contributed by atoms with Crippen LogP contribution in [0.2, 0.25) is 0 Å². The fraction of sp³-hybridized carbons (Fsp3) is 0.152. The van der Waals surface area contributed by atoms with Crippen LogP contribution in [0, 0.1) is 5.92 Å². The van der Waals surface area contributed by atoms with Crippen molar-refractivity contribution in [3.05, 3.63) is 148 Å². The summed E-state index contributed by atoms with van der Waals surface area (Å²) in [7, 11) is 1.30. The zero-order chi connectivity index (χ0) is 27.4. The fourth-order valence-electron chi connectivity index (χ4n) is 5.33. The van der Waals surface area contributed by atoms with Gasteiger partial charge >= 0.3 is 11.9 Å². The average Bonchev–Trinajstić information content (AvgIpc) is 2.99. The molecule has 0 saturated carbocycles. The Kier molecular flexibility index (Phi) is 7.77. The molecule has 0 radical (unpaired) electrons. The van der Waals surface area contributed by atoms with Crippen molar-refractivity contribution in [1.29, 1.82) is 0 Å². The molecule has 39 heavy (non-hydrogen) atoms. The largest absolute Gasteiger partial charge is 0.469 e. The molecule has 6 heteroatoms. The second-order valence-electron chi connectivity index (χ2n) is 9.40. The van der Waals surface area contributed by atoms with Gasteiger partial charge < -0.3 is 14.6 Å². The molecule has 0 bridgehead atoms. The van der Waals surface area contributed by atoms with Crippen LogP contribution in [0.15, 0.2) is 126 Å². The van der Waals surface area contributed by atoms with Gasteiger partial charge in [0.1, 0.15) is 11.5 Å². The van der Waals surface area contributed by atoms with E-state index >= 15 is 0 Å². The van der Waals surface area contributed by atoms with Crippen LogP contribution in [0.5, 0.6) is 0 Å². The molecular weight excluding hydrogens is 556 g/mol. The minimum absolute atomic E-state index is 0.340. The fourth-order valence-corrected chi connectivity index (χ4v) is 5.59. The summed E-state index contributed by atoms with van der Waals surface area (Å²) in [5.41, 5.74) is 1.25. The Balaban J connectivity index is 1.77. The highest BCUT2D eigenvalue weighted by Gasteiger charge is 2.58. The number of methoxy groups -OCH3 is 1. The first-order valence-corrected chi connectivity index (χ1v) is 13.4. The molecule has 0 saturated heterocycles. The molecule has 0 amide bonds. The van der Waals surface area contributed by atoms with E-state index in [0.717, 1.165) is 21.2 Å². The average molecular weight is 583 g/mol. The van der Waals surface area contributed by atoms with Crippen molar-refractivity contribution in [2.45, 2.75) is 17.6 Å². The van der Waals surface area contributed by atoms with Gasteiger partial charge in [-0.1, -0.05) is 107 Å². The Bertz CT molecular complexity index is 1470. The molecule has 0 fully saturated rings. The van der Waals surface area contributed by atoms with E-state index in [-0.39, 0.29) is 0 Å². The van der Waals surface area contributed by atoms with E-state index in [2.05, 4.69) is 15.9 Å². The Labute approximate surface area is 235 Å². The lowest BCUT2D eigenvalue weighted by Crippen LogP contribution is -2.55. The third-order valence-electron chi connectivity index (χ3n) is 7.18. The summed E-state index contributed by atoms with van der Waals surface area (Å²) >= 11 is 3.49. The number of halogens is 1. The minimum Gasteiger partial charge on any atom is -0.469 e. The van der Waals surface area contributed by atoms with Crippen molar-refractivity contribution in [2.75, 3.05) is 7.11 Å². The van der Waals surface area contributed by atoms with Crippen LogP contribution < -0.4 is 0 Å². The summed E-state index contributed by atoms with van der Waals surface area (Å²) in [5, 5.41) is 12.7. The van der Waals surface area contributed by atoms with Crippen LogP contribution in [0.25, 0.3) is 5.57 Å². The predicted octanol–water partition coefficient (Wildman–Crippen LogP) is 6.53. The monoisotopic (exact) mass is 582 g/mol. The van der Waals surface area contributed by atoms with E-state index in [1.807, 2.05) is 60.7 Å². The summed E-state index contributed by atoms with van der Waals surface area (Å²) in [6, 6.07) is 34.7. The van der Waals surface area contributed by atoms with Gasteiger partial charge in [0.25, 0.3) is 0 Å². The molecule has 0 heterocycles. The first-order chi connectivity index (χ1) is 18.9. The van der Waals surface area contributed by atoms with Crippen molar-refractivity contribution in [2.24, 2.45) is 5.92 Å². The molecule has 4 atom stereocenters. The minimum atomic E-state index is -1.94. The number of benzene rings is 4. The number of rotatable bonds is 6. The van der Waals surface area contributed by atoms with E-state index in [1.165, 1.54) is 7.11 Å². The Morgan fingerprint density at radius 2 is 1.36 bits per heavy atom. The maximum atomic E-state index is 13.7. The molecule has 5 rings (SSSR count). The number of hydrogen-bond donors (Lipinski definition) is 1. The lowest BCUT2D eigenvalue weighted by Gasteiger charge is -2.47. The molecule has 0 aliphatic heterocycles. The van der Waals surface area contributed by atoms with Crippen molar-refractivity contribution >= 4 is 33.4 Å². The van der Waals surface area contributed by atoms with Crippen LogP contribution in [0.3, 0.4) is 0 Å². The predicted molar refractivity (Wildman–Crippen MR) is 153 cm³/mol. The summed E-state index contributed by atoms with van der Waals surface area (Å²) in [6.45, 7) is 0. The summed E-state index contributed by atoms with van der Waals surface area (Å²) < 4.78 is 12.3. The van der Waals surface area contributed by atoms with Gasteiger partial charge in [0.05, 0.1) is 12.7 Å². The third kappa shape index (κ3) is 5.18. The highest BCUT2D eigenvalue weighted by atomic mass is 79.9. The molecule has 1 aliphatic rings. The van der Waals surface area contributed by atoms with Crippen molar-refractivity contribution in [1.82, 2.24) is 0 Å². The second-order valence-corrected chi connectivity index (χ2v) is 10.3. The number of ether oxygens (including phenoxy) is 2. The van der Waals surface area contributed by atoms with Gasteiger partial charge in [-0.25, -0.2) is 4.79 Å². The van der Waals surface area contributed by atoms with E-state index < -0.39 is 35.5 Å². The smallest absolute Gasteiger partial charge is 0.338 e. The number of allylic oxidation sites excluding steroid dienone is 1. The first-order valence-electron chi connectivity index (χ1n) is 12.6. The second kappa shape index (κ2) is 11.4. The number of aliphatic hydroxyl groups is 1. The molecule has 1 N–H and O–H groups in total. The lowest BCUT2D eigenvalue weighted by atomic mass is 9.62. The molecule has 0 aromatic heterocycles. The third-order valence-corrected chi connectivity index (χ3v) is 7.71. The quantitative estimate of drug-likeness (QED) is 0.261. The summed E-state index contributed by atoms with van der Waals surface area (Å²) in [6.07, 6.45) is 0.577. The highest BCUT2D eigenvalue weighted by Crippen LogP contribution is 2.53. The Hall–Kier alpha value is -4.00. The highest BCUT2D eigenvalue weighted by molar-refractivity contribution is 9.10. The maximum absolute atomic E-state index is 13.7. The van der Waals surface area contributed by atoms with Gasteiger partial charge in [-0.05, 0) is 52.6 Å². The van der Waals surface area contributed by atoms with Crippen molar-refractivity contribution in [3.8, 4) is 0 Å². The molecule has 196 valence electrons. The Morgan fingerprint density at radius 3 is 1.95 bits per heavy atom. The van der Waals surface area contributed by atoms with E-state index in [1.54, 1.807) is 60.7 Å². The molecule has 0 spiro atoms. The van der Waals surface area contributed by atoms with Crippen LogP contribution in [-0.4, -0.2) is 30.3 Å². The number of carbonyl (C=O) groups excluding carboxylic acids is 2. The van der Waals surface area contributed by atoms with Gasteiger partial charge in [0.2, 0.25) is 0 Å². The molecule has 4 aromatic carbocycles.